The van der Waals surface area contributed by atoms with Crippen LogP contribution in [-0.2, 0) is 0 Å². The molecule has 0 saturated heterocycles. The van der Waals surface area contributed by atoms with Crippen molar-refractivity contribution < 1.29 is 9.18 Å². The fourth-order valence-electron chi connectivity index (χ4n) is 3.97. The third-order valence-electron chi connectivity index (χ3n) is 6.02. The number of carbonyl (C=O) groups excluding carboxylic acids is 1. The van der Waals surface area contributed by atoms with Crippen LogP contribution < -0.4 is 10.6 Å². The second-order valence-corrected chi connectivity index (χ2v) is 8.99. The van der Waals surface area contributed by atoms with Crippen LogP contribution in [0, 0.1) is 31.1 Å². The number of amides is 1. The number of halogens is 1. The van der Waals surface area contributed by atoms with Crippen LogP contribution in [0.3, 0.4) is 0 Å². The number of anilines is 2. The van der Waals surface area contributed by atoms with Gasteiger partial charge < -0.3 is 10.6 Å². The molecule has 0 fully saturated rings. The lowest BCUT2D eigenvalue weighted by molar-refractivity contribution is 0.0935. The summed E-state index contributed by atoms with van der Waals surface area (Å²) in [6.45, 7) is 5.40. The van der Waals surface area contributed by atoms with Crippen molar-refractivity contribution in [3.63, 3.8) is 0 Å². The van der Waals surface area contributed by atoms with Gasteiger partial charge in [0.25, 0.3) is 5.91 Å². The highest BCUT2D eigenvalue weighted by Crippen LogP contribution is 2.23. The Balaban J connectivity index is 1.25. The zero-order chi connectivity index (χ0) is 28.2. The Morgan fingerprint density at radius 3 is 2.52 bits per heavy atom. The normalized spacial score (nSPS) is 11.5. The summed E-state index contributed by atoms with van der Waals surface area (Å²) in [4.78, 5) is 34.5. The first-order valence-corrected chi connectivity index (χ1v) is 12.2. The van der Waals surface area contributed by atoms with E-state index in [1.54, 1.807) is 43.5 Å². The second kappa shape index (κ2) is 11.0. The first-order chi connectivity index (χ1) is 19.3. The topological polar surface area (TPSA) is 158 Å². The molecule has 5 aromatic heterocycles. The highest BCUT2D eigenvalue weighted by Gasteiger charge is 2.15. The van der Waals surface area contributed by atoms with Crippen LogP contribution in [0.15, 0.2) is 60.9 Å². The summed E-state index contributed by atoms with van der Waals surface area (Å²) in [5.41, 5.74) is 4.65. The van der Waals surface area contributed by atoms with Crippen LogP contribution in [-0.4, -0.2) is 41.0 Å². The number of hydrogen-bond donors (Lipinski definition) is 3. The van der Waals surface area contributed by atoms with E-state index in [1.807, 2.05) is 32.0 Å². The molecule has 1 atom stereocenters. The maximum Gasteiger partial charge on any atom is 0.270 e. The van der Waals surface area contributed by atoms with E-state index in [9.17, 15) is 9.18 Å². The second-order valence-electron chi connectivity index (χ2n) is 8.99. The largest absolute Gasteiger partial charge is 0.344 e. The van der Waals surface area contributed by atoms with Crippen LogP contribution in [0.4, 0.5) is 16.0 Å². The third kappa shape index (κ3) is 5.78. The molecule has 0 aliphatic carbocycles. The van der Waals surface area contributed by atoms with Crippen molar-refractivity contribution in [2.45, 2.75) is 26.8 Å². The van der Waals surface area contributed by atoms with Gasteiger partial charge in [-0.3, -0.25) is 19.9 Å². The maximum absolute atomic E-state index is 13.3. The van der Waals surface area contributed by atoms with Crippen molar-refractivity contribution in [1.82, 2.24) is 40.4 Å². The molecule has 12 heteroatoms. The molecule has 0 bridgehead atoms. The van der Waals surface area contributed by atoms with Crippen molar-refractivity contribution in [1.29, 1.82) is 5.26 Å². The van der Waals surface area contributed by atoms with Crippen molar-refractivity contribution in [2.75, 3.05) is 5.32 Å². The van der Waals surface area contributed by atoms with Gasteiger partial charge in [0.1, 0.15) is 23.3 Å². The van der Waals surface area contributed by atoms with Gasteiger partial charge in [0, 0.05) is 47.0 Å². The van der Waals surface area contributed by atoms with Gasteiger partial charge in [-0.1, -0.05) is 6.07 Å². The summed E-state index contributed by atoms with van der Waals surface area (Å²) >= 11 is 0. The Morgan fingerprint density at radius 1 is 1.00 bits per heavy atom. The monoisotopic (exact) mass is 534 g/mol. The first-order valence-electron chi connectivity index (χ1n) is 12.2. The fraction of sp³-hybridized carbons (Fsp3) is 0.143. The number of hydrogen-bond acceptors (Lipinski definition) is 9. The first kappa shape index (κ1) is 26.1. The number of pyridine rings is 3. The Kier molecular flexibility index (Phi) is 7.19. The van der Waals surface area contributed by atoms with E-state index in [0.29, 0.717) is 45.8 Å². The highest BCUT2D eigenvalue weighted by molar-refractivity contribution is 5.92. The van der Waals surface area contributed by atoms with Gasteiger partial charge in [-0.15, -0.1) is 0 Å². The number of aryl methyl sites for hydroxylation is 2. The molecule has 0 aliphatic heterocycles. The minimum atomic E-state index is -0.537. The number of nitrogens with zero attached hydrogens (tertiary/aromatic N) is 7. The minimum Gasteiger partial charge on any atom is -0.344 e. The summed E-state index contributed by atoms with van der Waals surface area (Å²) in [7, 11) is 0. The molecule has 0 radical (unpaired) electrons. The average Bonchev–Trinajstić information content (AvgIpc) is 3.40. The SMILES string of the molecule is Cc1cc(Nc2cc(C#N)[nH]n2)nc(-c2ccc(C(=O)NC(C)c3ccc(-c4ccc(F)nc4C)nc3)nc2)n1. The van der Waals surface area contributed by atoms with Gasteiger partial charge in [-0.2, -0.15) is 14.8 Å². The standard InChI is InChI=1S/C28H23FN10O/c1-15-10-25(36-26-11-20(12-30)38-39-26)37-27(33-15)19-5-8-23(32-14-19)28(40)35-16(2)18-4-7-22(31-13-18)21-6-9-24(29)34-17(21)3/h4-11,13-14,16H,1-3H3,(H,35,40)(H2,33,36,37,38,39). The van der Waals surface area contributed by atoms with E-state index in [-0.39, 0.29) is 17.6 Å². The molecule has 3 N–H and O–H groups in total. The van der Waals surface area contributed by atoms with E-state index in [4.69, 9.17) is 5.26 Å². The van der Waals surface area contributed by atoms with Gasteiger partial charge in [0.05, 0.1) is 11.7 Å². The predicted molar refractivity (Wildman–Crippen MR) is 145 cm³/mol. The quantitative estimate of drug-likeness (QED) is 0.254. The number of aromatic amines is 1. The number of nitriles is 1. The van der Waals surface area contributed by atoms with Crippen LogP contribution in [0.5, 0.6) is 0 Å². The lowest BCUT2D eigenvalue weighted by Crippen LogP contribution is -2.27. The van der Waals surface area contributed by atoms with Crippen molar-refractivity contribution >= 4 is 17.5 Å². The molecule has 1 amide bonds. The van der Waals surface area contributed by atoms with Crippen LogP contribution in [0.25, 0.3) is 22.6 Å². The van der Waals surface area contributed by atoms with Crippen molar-refractivity contribution in [2.24, 2.45) is 0 Å². The zero-order valence-electron chi connectivity index (χ0n) is 21.8. The zero-order valence-corrected chi connectivity index (χ0v) is 21.8. The van der Waals surface area contributed by atoms with Crippen molar-refractivity contribution in [3.8, 4) is 28.7 Å². The Bertz CT molecular complexity index is 1730. The molecule has 5 rings (SSSR count). The van der Waals surface area contributed by atoms with Gasteiger partial charge >= 0.3 is 0 Å². The van der Waals surface area contributed by atoms with Crippen LogP contribution >= 0.6 is 0 Å². The summed E-state index contributed by atoms with van der Waals surface area (Å²) in [5, 5.41) is 21.6. The number of H-pyrrole nitrogens is 1. The number of carbonyl (C=O) groups is 1. The van der Waals surface area contributed by atoms with Crippen LogP contribution in [0.2, 0.25) is 0 Å². The van der Waals surface area contributed by atoms with Gasteiger partial charge in [0.15, 0.2) is 11.6 Å². The predicted octanol–water partition coefficient (Wildman–Crippen LogP) is 4.58. The number of rotatable bonds is 7. The Labute approximate surface area is 228 Å². The average molecular weight is 535 g/mol. The molecule has 0 spiro atoms. The summed E-state index contributed by atoms with van der Waals surface area (Å²) in [6, 6.07) is 14.9. The molecule has 198 valence electrons. The molecule has 0 saturated carbocycles. The van der Waals surface area contributed by atoms with Gasteiger partial charge in [0.2, 0.25) is 5.95 Å². The van der Waals surface area contributed by atoms with E-state index >= 15 is 0 Å². The molecule has 40 heavy (non-hydrogen) atoms. The summed E-state index contributed by atoms with van der Waals surface area (Å²) < 4.78 is 13.3. The number of aromatic nitrogens is 7. The molecular weight excluding hydrogens is 511 g/mol. The fourth-order valence-corrected chi connectivity index (χ4v) is 3.97. The molecule has 0 aliphatic rings. The van der Waals surface area contributed by atoms with E-state index in [0.717, 1.165) is 11.1 Å². The molecule has 1 unspecified atom stereocenters. The minimum absolute atomic E-state index is 0.236. The van der Waals surface area contributed by atoms with E-state index in [1.165, 1.54) is 12.3 Å². The summed E-state index contributed by atoms with van der Waals surface area (Å²) in [6.07, 6.45) is 3.21. The lowest BCUT2D eigenvalue weighted by Gasteiger charge is -2.14. The molecular formula is C28H23FN10O. The molecule has 11 nitrogen and oxygen atoms in total. The lowest BCUT2D eigenvalue weighted by atomic mass is 10.1. The van der Waals surface area contributed by atoms with Gasteiger partial charge in [-0.25, -0.2) is 15.0 Å². The smallest absolute Gasteiger partial charge is 0.270 e. The van der Waals surface area contributed by atoms with E-state index < -0.39 is 5.95 Å². The van der Waals surface area contributed by atoms with Gasteiger partial charge in [-0.05, 0) is 56.7 Å². The Hall–Kier alpha value is -5.57. The van der Waals surface area contributed by atoms with E-state index in [2.05, 4.69) is 45.8 Å². The summed E-state index contributed by atoms with van der Waals surface area (Å²) in [5.74, 6) is 0.488. The van der Waals surface area contributed by atoms with Crippen molar-refractivity contribution in [3.05, 3.63) is 95.2 Å². The molecule has 0 aromatic carbocycles. The highest BCUT2D eigenvalue weighted by atomic mass is 19.1. The molecule has 5 heterocycles. The maximum atomic E-state index is 13.3. The Morgan fingerprint density at radius 2 is 1.85 bits per heavy atom. The third-order valence-corrected chi connectivity index (χ3v) is 6.02. The number of nitrogens with one attached hydrogen (secondary N) is 3. The van der Waals surface area contributed by atoms with Crippen LogP contribution in [0.1, 0.15) is 46.1 Å². The molecule has 5 aromatic rings.